The van der Waals surface area contributed by atoms with Crippen molar-refractivity contribution >= 4 is 5.97 Å². The molecular weight excluding hydrogens is 194 g/mol. The van der Waals surface area contributed by atoms with Gasteiger partial charge in [0.25, 0.3) is 0 Å². The van der Waals surface area contributed by atoms with Gasteiger partial charge in [0, 0.05) is 18.7 Å². The molecule has 0 amide bonds. The summed E-state index contributed by atoms with van der Waals surface area (Å²) in [4.78, 5) is 24.6. The minimum Gasteiger partial charge on any atom is -0.466 e. The summed E-state index contributed by atoms with van der Waals surface area (Å²) in [6.07, 6.45) is 2.60. The third-order valence-corrected chi connectivity index (χ3v) is 2.15. The van der Waals surface area contributed by atoms with E-state index in [2.05, 4.69) is 4.98 Å². The average molecular weight is 209 g/mol. The quantitative estimate of drug-likeness (QED) is 0.757. The van der Waals surface area contributed by atoms with Crippen LogP contribution in [-0.2, 0) is 16.0 Å². The van der Waals surface area contributed by atoms with E-state index in [1.807, 2.05) is 6.92 Å². The van der Waals surface area contributed by atoms with Gasteiger partial charge < -0.3 is 9.72 Å². The fourth-order valence-electron chi connectivity index (χ4n) is 1.34. The zero-order valence-corrected chi connectivity index (χ0v) is 9.00. The highest BCUT2D eigenvalue weighted by Crippen LogP contribution is 2.06. The first-order chi connectivity index (χ1) is 7.13. The molecule has 15 heavy (non-hydrogen) atoms. The van der Waals surface area contributed by atoms with Crippen LogP contribution >= 0.6 is 0 Å². The van der Waals surface area contributed by atoms with Crippen LogP contribution in [0.25, 0.3) is 0 Å². The van der Waals surface area contributed by atoms with E-state index >= 15 is 0 Å². The number of nitrogens with one attached hydrogen (secondary N) is 1. The summed E-state index contributed by atoms with van der Waals surface area (Å²) in [7, 11) is 0. The maximum atomic E-state index is 11.1. The summed E-state index contributed by atoms with van der Waals surface area (Å²) in [6, 6.07) is 1.53. The van der Waals surface area contributed by atoms with Crippen LogP contribution in [0.3, 0.4) is 0 Å². The van der Waals surface area contributed by atoms with Crippen molar-refractivity contribution in [2.24, 2.45) is 0 Å². The number of carbonyl (C=O) groups is 1. The number of carbonyl (C=O) groups excluding carboxylic acids is 1. The Kier molecular flexibility index (Phi) is 4.09. The molecule has 1 N–H and O–H groups in total. The van der Waals surface area contributed by atoms with Crippen molar-refractivity contribution in [1.82, 2.24) is 4.98 Å². The minimum absolute atomic E-state index is 0.118. The zero-order chi connectivity index (χ0) is 11.3. The molecule has 1 aromatic heterocycles. The van der Waals surface area contributed by atoms with Crippen LogP contribution in [0.4, 0.5) is 0 Å². The number of aryl methyl sites for hydroxylation is 2. The highest BCUT2D eigenvalue weighted by molar-refractivity contribution is 5.69. The third kappa shape index (κ3) is 3.58. The molecule has 0 fully saturated rings. The summed E-state index contributed by atoms with van der Waals surface area (Å²) in [5.74, 6) is -0.205. The Hall–Kier alpha value is -1.58. The van der Waals surface area contributed by atoms with Gasteiger partial charge in [-0.05, 0) is 31.4 Å². The van der Waals surface area contributed by atoms with E-state index in [1.54, 1.807) is 13.1 Å². The van der Waals surface area contributed by atoms with E-state index < -0.39 is 0 Å². The topological polar surface area (TPSA) is 59.2 Å². The number of hydrogen-bond acceptors (Lipinski definition) is 3. The number of rotatable bonds is 4. The monoisotopic (exact) mass is 209 g/mol. The molecule has 82 valence electrons. The molecular formula is C11H15NO3. The molecule has 0 saturated carbocycles. The molecule has 0 radical (unpaired) electrons. The van der Waals surface area contributed by atoms with Gasteiger partial charge in [-0.2, -0.15) is 0 Å². The van der Waals surface area contributed by atoms with Crippen LogP contribution in [0, 0.1) is 6.92 Å². The second-order valence-corrected chi connectivity index (χ2v) is 3.31. The Morgan fingerprint density at radius 1 is 1.53 bits per heavy atom. The smallest absolute Gasteiger partial charge is 0.306 e. The number of H-pyrrole nitrogens is 1. The molecule has 0 bridgehead atoms. The van der Waals surface area contributed by atoms with E-state index in [4.69, 9.17) is 4.74 Å². The summed E-state index contributed by atoms with van der Waals surface area (Å²) >= 11 is 0. The summed E-state index contributed by atoms with van der Waals surface area (Å²) in [5.41, 5.74) is 1.76. The van der Waals surface area contributed by atoms with Gasteiger partial charge in [0.1, 0.15) is 0 Å². The molecule has 1 rings (SSSR count). The van der Waals surface area contributed by atoms with Crippen molar-refractivity contribution in [2.45, 2.75) is 26.7 Å². The molecule has 1 aromatic rings. The lowest BCUT2D eigenvalue weighted by Crippen LogP contribution is -2.09. The molecule has 0 spiro atoms. The van der Waals surface area contributed by atoms with E-state index in [-0.39, 0.29) is 11.5 Å². The SMILES string of the molecule is CCOC(=O)CCc1c[nH]c(=O)cc1C. The highest BCUT2D eigenvalue weighted by Gasteiger charge is 2.04. The highest BCUT2D eigenvalue weighted by atomic mass is 16.5. The van der Waals surface area contributed by atoms with E-state index in [1.165, 1.54) is 6.07 Å². The Morgan fingerprint density at radius 2 is 2.27 bits per heavy atom. The lowest BCUT2D eigenvalue weighted by atomic mass is 10.1. The van der Waals surface area contributed by atoms with E-state index in [9.17, 15) is 9.59 Å². The van der Waals surface area contributed by atoms with Gasteiger partial charge in [-0.1, -0.05) is 0 Å². The Bertz CT molecular complexity index is 395. The maximum absolute atomic E-state index is 11.1. The lowest BCUT2D eigenvalue weighted by Gasteiger charge is -2.04. The van der Waals surface area contributed by atoms with Crippen LogP contribution < -0.4 is 5.56 Å². The van der Waals surface area contributed by atoms with Crippen molar-refractivity contribution in [1.29, 1.82) is 0 Å². The van der Waals surface area contributed by atoms with Gasteiger partial charge in [0.05, 0.1) is 6.61 Å². The average Bonchev–Trinajstić information content (AvgIpc) is 2.17. The van der Waals surface area contributed by atoms with Crippen molar-refractivity contribution < 1.29 is 9.53 Å². The standard InChI is InChI=1S/C11H15NO3/c1-3-15-11(14)5-4-9-7-12-10(13)6-8(9)2/h6-7H,3-5H2,1-2H3,(H,12,13). The van der Waals surface area contributed by atoms with Gasteiger partial charge in [-0.3, -0.25) is 9.59 Å². The largest absolute Gasteiger partial charge is 0.466 e. The molecule has 0 atom stereocenters. The number of ether oxygens (including phenoxy) is 1. The molecule has 0 aliphatic carbocycles. The predicted octanol–water partition coefficient (Wildman–Crippen LogP) is 1.18. The zero-order valence-electron chi connectivity index (χ0n) is 9.00. The van der Waals surface area contributed by atoms with Gasteiger partial charge in [-0.15, -0.1) is 0 Å². The first kappa shape index (κ1) is 11.5. The number of aromatic amines is 1. The molecule has 0 saturated heterocycles. The second kappa shape index (κ2) is 5.34. The van der Waals surface area contributed by atoms with Crippen LogP contribution in [0.1, 0.15) is 24.5 Å². The first-order valence-electron chi connectivity index (χ1n) is 4.97. The molecule has 0 unspecified atom stereocenters. The lowest BCUT2D eigenvalue weighted by molar-refractivity contribution is -0.143. The molecule has 4 heteroatoms. The Morgan fingerprint density at radius 3 is 2.87 bits per heavy atom. The van der Waals surface area contributed by atoms with Crippen LogP contribution in [-0.4, -0.2) is 17.6 Å². The second-order valence-electron chi connectivity index (χ2n) is 3.31. The van der Waals surface area contributed by atoms with Gasteiger partial charge in [0.15, 0.2) is 0 Å². The molecule has 1 heterocycles. The van der Waals surface area contributed by atoms with Crippen molar-refractivity contribution in [3.8, 4) is 0 Å². The summed E-state index contributed by atoms with van der Waals surface area (Å²) in [5, 5.41) is 0. The van der Waals surface area contributed by atoms with Gasteiger partial charge >= 0.3 is 5.97 Å². The van der Waals surface area contributed by atoms with E-state index in [0.29, 0.717) is 19.4 Å². The number of aromatic nitrogens is 1. The van der Waals surface area contributed by atoms with Crippen LogP contribution in [0.5, 0.6) is 0 Å². The molecule has 0 aromatic carbocycles. The predicted molar refractivity (Wildman–Crippen MR) is 56.8 cm³/mol. The Labute approximate surface area is 88.3 Å². The molecule has 0 aliphatic heterocycles. The van der Waals surface area contributed by atoms with E-state index in [0.717, 1.165) is 11.1 Å². The number of pyridine rings is 1. The van der Waals surface area contributed by atoms with Crippen LogP contribution in [0.15, 0.2) is 17.1 Å². The normalized spacial score (nSPS) is 10.0. The third-order valence-electron chi connectivity index (χ3n) is 2.15. The number of esters is 1. The number of hydrogen-bond donors (Lipinski definition) is 1. The van der Waals surface area contributed by atoms with Crippen molar-refractivity contribution in [3.05, 3.63) is 33.7 Å². The van der Waals surface area contributed by atoms with Crippen molar-refractivity contribution in [3.63, 3.8) is 0 Å². The fourth-order valence-corrected chi connectivity index (χ4v) is 1.34. The minimum atomic E-state index is -0.205. The molecule has 4 nitrogen and oxygen atoms in total. The van der Waals surface area contributed by atoms with Crippen molar-refractivity contribution in [2.75, 3.05) is 6.61 Å². The molecule has 0 aliphatic rings. The first-order valence-corrected chi connectivity index (χ1v) is 4.97. The Balaban J connectivity index is 2.58. The van der Waals surface area contributed by atoms with Gasteiger partial charge in [-0.25, -0.2) is 0 Å². The van der Waals surface area contributed by atoms with Gasteiger partial charge in [0.2, 0.25) is 5.56 Å². The maximum Gasteiger partial charge on any atom is 0.306 e. The van der Waals surface area contributed by atoms with Crippen LogP contribution in [0.2, 0.25) is 0 Å². The summed E-state index contributed by atoms with van der Waals surface area (Å²) in [6.45, 7) is 4.04. The summed E-state index contributed by atoms with van der Waals surface area (Å²) < 4.78 is 4.82. The fraction of sp³-hybridized carbons (Fsp3) is 0.455.